The summed E-state index contributed by atoms with van der Waals surface area (Å²) in [6.07, 6.45) is -0.725. The molecule has 0 fully saturated rings. The fourth-order valence-electron chi connectivity index (χ4n) is 1.50. The Morgan fingerprint density at radius 3 is 2.17 bits per heavy atom. The third-order valence-corrected chi connectivity index (χ3v) is 2.62. The van der Waals surface area contributed by atoms with E-state index < -0.39 is 42.1 Å². The van der Waals surface area contributed by atoms with Crippen LogP contribution < -0.4 is 24.0 Å². The average molecular weight is 323 g/mol. The summed E-state index contributed by atoms with van der Waals surface area (Å²) >= 11 is 0. The summed E-state index contributed by atoms with van der Waals surface area (Å²) in [7, 11) is 2.19. The molecule has 10 heteroatoms. The smallest absolute Gasteiger partial charge is 0.862 e. The van der Waals surface area contributed by atoms with Crippen LogP contribution in [0.3, 0.4) is 0 Å². The Hall–Kier alpha value is -1.85. The Morgan fingerprint density at radius 2 is 1.70 bits per heavy atom. The standard InChI is InChI=1S/C13H19NO8.Li/c1-21-12(19)8(14-10(16)6-7-11(17)18)4-3-5-9(15)13(20)22-2;/h8H,3-7H2,1-2H3,(H,14,16)(H,17,18);/q;+1/p-1/t8-;/m0./s1. The molecule has 0 aromatic carbocycles. The molecule has 0 aromatic rings. The van der Waals surface area contributed by atoms with Crippen LogP contribution in [-0.4, -0.2) is 55.0 Å². The fourth-order valence-corrected chi connectivity index (χ4v) is 1.50. The van der Waals surface area contributed by atoms with Gasteiger partial charge in [0, 0.05) is 12.8 Å². The zero-order valence-corrected chi connectivity index (χ0v) is 13.4. The number of Topliss-reactive ketones (excluding diaryl/α,β-unsaturated/α-hetero) is 1. The molecular weight excluding hydrogens is 305 g/mol. The van der Waals surface area contributed by atoms with E-state index in [4.69, 9.17) is 5.11 Å². The molecule has 1 atom stereocenters. The van der Waals surface area contributed by atoms with E-state index in [9.17, 15) is 24.3 Å². The third kappa shape index (κ3) is 10.5. The first kappa shape index (κ1) is 23.4. The number of hydrogen-bond acceptors (Lipinski definition) is 8. The number of ether oxygens (including phenoxy) is 2. The predicted octanol–water partition coefficient (Wildman–Crippen LogP) is -3.93. The van der Waals surface area contributed by atoms with Gasteiger partial charge in [0.25, 0.3) is 0 Å². The number of carboxylic acids is 1. The molecule has 124 valence electrons. The maximum absolute atomic E-state index is 11.5. The molecule has 9 nitrogen and oxygen atoms in total. The van der Waals surface area contributed by atoms with Crippen LogP contribution in [-0.2, 0) is 28.7 Å². The number of carboxylic acid groups (broad SMARTS) is 1. The molecule has 0 aromatic heterocycles. The van der Waals surface area contributed by atoms with Crippen molar-refractivity contribution in [3.8, 4) is 0 Å². The Kier molecular flexibility index (Phi) is 12.9. The van der Waals surface area contributed by atoms with Gasteiger partial charge in [0.2, 0.25) is 5.78 Å². The summed E-state index contributed by atoms with van der Waals surface area (Å²) in [5, 5.41) is 19.9. The van der Waals surface area contributed by atoms with E-state index in [1.807, 2.05) is 0 Å². The van der Waals surface area contributed by atoms with E-state index in [0.717, 1.165) is 14.2 Å². The van der Waals surface area contributed by atoms with Crippen molar-refractivity contribution in [3.05, 3.63) is 0 Å². The van der Waals surface area contributed by atoms with Gasteiger partial charge in [-0.25, -0.2) is 9.59 Å². The van der Waals surface area contributed by atoms with Crippen LogP contribution in [0.5, 0.6) is 0 Å². The second-order valence-corrected chi connectivity index (χ2v) is 4.26. The minimum absolute atomic E-state index is 0. The summed E-state index contributed by atoms with van der Waals surface area (Å²) in [5.41, 5.74) is 0. The Balaban J connectivity index is 0. The molecule has 0 saturated carbocycles. The van der Waals surface area contributed by atoms with Crippen molar-refractivity contribution in [1.82, 2.24) is 0 Å². The van der Waals surface area contributed by atoms with E-state index >= 15 is 0 Å². The number of aliphatic imine (C=N–C) groups is 1. The van der Waals surface area contributed by atoms with Crippen LogP contribution in [0.4, 0.5) is 0 Å². The number of carbonyl (C=O) groups is 4. The molecule has 0 rings (SSSR count). The maximum atomic E-state index is 11.5. The number of methoxy groups -OCH3 is 2. The minimum atomic E-state index is -1.15. The number of esters is 2. The number of hydrogen-bond donors (Lipinski definition) is 1. The van der Waals surface area contributed by atoms with Gasteiger partial charge in [-0.1, -0.05) is 0 Å². The summed E-state index contributed by atoms with van der Waals surface area (Å²) < 4.78 is 8.73. The van der Waals surface area contributed by atoms with E-state index in [1.165, 1.54) is 0 Å². The Bertz CT molecular complexity index is 463. The van der Waals surface area contributed by atoms with Gasteiger partial charge in [0.15, 0.2) is 0 Å². The molecule has 0 saturated heterocycles. The maximum Gasteiger partial charge on any atom is 1.00 e. The van der Waals surface area contributed by atoms with Crippen LogP contribution in [0.2, 0.25) is 0 Å². The first-order valence-corrected chi connectivity index (χ1v) is 6.46. The molecular formula is C13H18LiNO8. The van der Waals surface area contributed by atoms with Gasteiger partial charge in [0.1, 0.15) is 6.04 Å². The van der Waals surface area contributed by atoms with Gasteiger partial charge >= 0.3 is 36.8 Å². The third-order valence-electron chi connectivity index (χ3n) is 2.62. The van der Waals surface area contributed by atoms with E-state index in [1.54, 1.807) is 0 Å². The van der Waals surface area contributed by atoms with Gasteiger partial charge in [-0.15, -0.1) is 0 Å². The molecule has 0 aliphatic heterocycles. The number of ketones is 1. The number of rotatable bonds is 10. The fraction of sp³-hybridized carbons (Fsp3) is 0.615. The molecule has 0 radical (unpaired) electrons. The zero-order chi connectivity index (χ0) is 17.1. The largest absolute Gasteiger partial charge is 1.00 e. The normalized spacial score (nSPS) is 11.8. The Labute approximate surface area is 145 Å². The molecule has 0 aliphatic rings. The van der Waals surface area contributed by atoms with Gasteiger partial charge in [0.05, 0.1) is 14.2 Å². The second kappa shape index (κ2) is 12.7. The number of nitrogens with zero attached hydrogens (tertiary/aromatic N) is 1. The van der Waals surface area contributed by atoms with Crippen LogP contribution >= 0.6 is 0 Å². The monoisotopic (exact) mass is 323 g/mol. The van der Waals surface area contributed by atoms with E-state index in [0.29, 0.717) is 0 Å². The van der Waals surface area contributed by atoms with Crippen LogP contribution in [0.15, 0.2) is 4.99 Å². The predicted molar refractivity (Wildman–Crippen MR) is 71.0 cm³/mol. The van der Waals surface area contributed by atoms with Crippen LogP contribution in [0.1, 0.15) is 32.1 Å². The molecule has 0 amide bonds. The topological polar surface area (TPSA) is 142 Å². The summed E-state index contributed by atoms with van der Waals surface area (Å²) in [5.74, 6) is -4.39. The van der Waals surface area contributed by atoms with Gasteiger partial charge in [-0.2, -0.15) is 0 Å². The number of aliphatic carboxylic acids is 1. The van der Waals surface area contributed by atoms with Crippen molar-refractivity contribution < 1.29 is 57.7 Å². The summed E-state index contributed by atoms with van der Waals surface area (Å²) in [6.45, 7) is 0. The van der Waals surface area contributed by atoms with Gasteiger partial charge in [-0.05, 0) is 25.2 Å². The van der Waals surface area contributed by atoms with Crippen molar-refractivity contribution in [2.24, 2.45) is 4.99 Å². The molecule has 0 aliphatic carbocycles. The van der Waals surface area contributed by atoms with Crippen molar-refractivity contribution in [2.45, 2.75) is 38.1 Å². The van der Waals surface area contributed by atoms with E-state index in [-0.39, 0.29) is 44.5 Å². The summed E-state index contributed by atoms with van der Waals surface area (Å²) in [6, 6.07) is -1.13. The molecule has 0 unspecified atom stereocenters. The summed E-state index contributed by atoms with van der Waals surface area (Å²) in [4.78, 5) is 47.6. The quantitative estimate of drug-likeness (QED) is 0.141. The van der Waals surface area contributed by atoms with E-state index in [2.05, 4.69) is 14.5 Å². The minimum Gasteiger partial charge on any atom is -0.862 e. The van der Waals surface area contributed by atoms with Gasteiger partial charge < -0.3 is 19.7 Å². The van der Waals surface area contributed by atoms with Crippen molar-refractivity contribution in [3.63, 3.8) is 0 Å². The molecule has 0 spiro atoms. The van der Waals surface area contributed by atoms with Gasteiger partial charge in [-0.3, -0.25) is 14.6 Å². The van der Waals surface area contributed by atoms with Crippen molar-refractivity contribution >= 4 is 29.6 Å². The molecule has 0 bridgehead atoms. The van der Waals surface area contributed by atoms with Crippen LogP contribution in [0.25, 0.3) is 0 Å². The zero-order valence-electron chi connectivity index (χ0n) is 13.4. The SMILES string of the molecule is COC(=O)C(=O)CCC[C@H](N=C([O-])CCC(=O)O)C(=O)OC.[Li+]. The van der Waals surface area contributed by atoms with Crippen molar-refractivity contribution in [2.75, 3.05) is 14.2 Å². The molecule has 1 N–H and O–H groups in total. The second-order valence-electron chi connectivity index (χ2n) is 4.26. The Morgan fingerprint density at radius 1 is 1.09 bits per heavy atom. The molecule has 0 heterocycles. The van der Waals surface area contributed by atoms with Crippen LogP contribution in [0, 0.1) is 0 Å². The number of carbonyl (C=O) groups excluding carboxylic acids is 3. The van der Waals surface area contributed by atoms with Crippen molar-refractivity contribution in [1.29, 1.82) is 0 Å². The first-order valence-electron chi connectivity index (χ1n) is 6.46. The average Bonchev–Trinajstić information content (AvgIpc) is 2.49. The molecule has 23 heavy (non-hydrogen) atoms. The first-order chi connectivity index (χ1) is 10.3.